The number of carbonyl (C=O) groups excluding carboxylic acids is 2. The van der Waals surface area contributed by atoms with Crippen LogP contribution in [0.15, 0.2) is 12.2 Å². The molecule has 1 atom stereocenters. The molecule has 0 aromatic rings. The van der Waals surface area contributed by atoms with Crippen LogP contribution < -0.4 is 0 Å². The quantitative estimate of drug-likeness (QED) is 0.455. The van der Waals surface area contributed by atoms with Crippen LogP contribution in [0.3, 0.4) is 0 Å². The van der Waals surface area contributed by atoms with Crippen LogP contribution in [0.4, 0.5) is 0 Å². The predicted octanol–water partition coefficient (Wildman–Crippen LogP) is 2.40. The highest BCUT2D eigenvalue weighted by molar-refractivity contribution is 5.79. The third-order valence-corrected chi connectivity index (χ3v) is 2.41. The lowest BCUT2D eigenvalue weighted by Gasteiger charge is -2.10. The molecule has 0 fully saturated rings. The van der Waals surface area contributed by atoms with Gasteiger partial charge >= 0.3 is 5.97 Å². The first-order valence-electron chi connectivity index (χ1n) is 5.56. The van der Waals surface area contributed by atoms with Crippen LogP contribution in [0.2, 0.25) is 0 Å². The Kier molecular flexibility index (Phi) is 5.08. The summed E-state index contributed by atoms with van der Waals surface area (Å²) in [7, 11) is 0. The fourth-order valence-electron chi connectivity index (χ4n) is 1.57. The van der Waals surface area contributed by atoms with Gasteiger partial charge in [-0.25, -0.2) is 0 Å². The molecule has 0 N–H and O–H groups in total. The maximum atomic E-state index is 11.3. The number of hydrogen-bond acceptors (Lipinski definition) is 3. The van der Waals surface area contributed by atoms with Crippen LogP contribution in [0.25, 0.3) is 0 Å². The molecule has 0 aromatic heterocycles. The molecule has 0 bridgehead atoms. The van der Waals surface area contributed by atoms with Crippen LogP contribution in [-0.4, -0.2) is 17.9 Å². The maximum Gasteiger partial charge on any atom is 0.306 e. The van der Waals surface area contributed by atoms with Crippen molar-refractivity contribution in [2.45, 2.75) is 51.6 Å². The van der Waals surface area contributed by atoms with Gasteiger partial charge in [-0.05, 0) is 25.8 Å². The second kappa shape index (κ2) is 6.38. The summed E-state index contributed by atoms with van der Waals surface area (Å²) in [6, 6.07) is 0. The predicted molar refractivity (Wildman–Crippen MR) is 57.4 cm³/mol. The third-order valence-electron chi connectivity index (χ3n) is 2.41. The average molecular weight is 210 g/mol. The van der Waals surface area contributed by atoms with E-state index in [9.17, 15) is 9.59 Å². The molecule has 1 aliphatic rings. The van der Waals surface area contributed by atoms with Crippen molar-refractivity contribution in [1.82, 2.24) is 0 Å². The van der Waals surface area contributed by atoms with Crippen molar-refractivity contribution in [3.8, 4) is 0 Å². The second-order valence-corrected chi connectivity index (χ2v) is 3.93. The standard InChI is InChI=1S/C12H18O3/c1-10-6-5-8-11(13)7-3-2-4-9-12(14)15-10/h5-6,10H,2-4,7-9H2,1H3/b6-5+. The van der Waals surface area contributed by atoms with Gasteiger partial charge in [0.05, 0.1) is 0 Å². The normalized spacial score (nSPS) is 27.4. The topological polar surface area (TPSA) is 43.4 Å². The number of esters is 1. The molecule has 0 amide bonds. The highest BCUT2D eigenvalue weighted by Gasteiger charge is 2.08. The largest absolute Gasteiger partial charge is 0.458 e. The van der Waals surface area contributed by atoms with Gasteiger partial charge in [-0.3, -0.25) is 9.59 Å². The van der Waals surface area contributed by atoms with E-state index in [0.29, 0.717) is 19.3 Å². The molecule has 84 valence electrons. The molecule has 3 heteroatoms. The summed E-state index contributed by atoms with van der Waals surface area (Å²) in [6.07, 6.45) is 7.54. The Balaban J connectivity index is 2.49. The summed E-state index contributed by atoms with van der Waals surface area (Å²) in [5.41, 5.74) is 0. The Bertz CT molecular complexity index is 256. The van der Waals surface area contributed by atoms with Crippen LogP contribution >= 0.6 is 0 Å². The van der Waals surface area contributed by atoms with E-state index in [2.05, 4.69) is 0 Å². The third kappa shape index (κ3) is 5.35. The van der Waals surface area contributed by atoms with Gasteiger partial charge in [0.2, 0.25) is 0 Å². The lowest BCUT2D eigenvalue weighted by atomic mass is 10.1. The minimum Gasteiger partial charge on any atom is -0.458 e. The monoisotopic (exact) mass is 210 g/mol. The lowest BCUT2D eigenvalue weighted by Crippen LogP contribution is -2.13. The van der Waals surface area contributed by atoms with E-state index >= 15 is 0 Å². The van der Waals surface area contributed by atoms with E-state index < -0.39 is 0 Å². The zero-order valence-corrected chi connectivity index (χ0v) is 9.20. The molecule has 15 heavy (non-hydrogen) atoms. The van der Waals surface area contributed by atoms with Gasteiger partial charge in [0, 0.05) is 19.3 Å². The van der Waals surface area contributed by atoms with Crippen LogP contribution in [0, 0.1) is 0 Å². The molecule has 0 spiro atoms. The van der Waals surface area contributed by atoms with Crippen molar-refractivity contribution in [3.05, 3.63) is 12.2 Å². The minimum absolute atomic E-state index is 0.140. The fourth-order valence-corrected chi connectivity index (χ4v) is 1.57. The molecule has 1 heterocycles. The van der Waals surface area contributed by atoms with Crippen molar-refractivity contribution < 1.29 is 14.3 Å². The molecule has 3 nitrogen and oxygen atoms in total. The van der Waals surface area contributed by atoms with Gasteiger partial charge in [0.1, 0.15) is 11.9 Å². The maximum absolute atomic E-state index is 11.3. The van der Waals surface area contributed by atoms with Gasteiger partial charge in [-0.15, -0.1) is 0 Å². The van der Waals surface area contributed by atoms with Crippen LogP contribution in [0.1, 0.15) is 45.4 Å². The number of hydrogen-bond donors (Lipinski definition) is 0. The Hall–Kier alpha value is -1.12. The number of rotatable bonds is 0. The number of Topliss-reactive ketones (excluding diaryl/α,β-unsaturated/α-hetero) is 1. The Morgan fingerprint density at radius 2 is 1.93 bits per heavy atom. The summed E-state index contributed by atoms with van der Waals surface area (Å²) in [5, 5.41) is 0. The van der Waals surface area contributed by atoms with Crippen molar-refractivity contribution in [3.63, 3.8) is 0 Å². The van der Waals surface area contributed by atoms with Gasteiger partial charge < -0.3 is 4.74 Å². The van der Waals surface area contributed by atoms with Crippen molar-refractivity contribution >= 4 is 11.8 Å². The SMILES string of the molecule is CC1/C=C/CC(=O)CCCCCC(=O)O1. The summed E-state index contributed by atoms with van der Waals surface area (Å²) in [4.78, 5) is 22.6. The Morgan fingerprint density at radius 3 is 2.73 bits per heavy atom. The molecule has 0 aliphatic carbocycles. The van der Waals surface area contributed by atoms with Crippen LogP contribution in [-0.2, 0) is 14.3 Å². The van der Waals surface area contributed by atoms with E-state index in [0.717, 1.165) is 19.3 Å². The number of ether oxygens (including phenoxy) is 1. The highest BCUT2D eigenvalue weighted by atomic mass is 16.5. The minimum atomic E-state index is -0.218. The molecule has 1 aliphatic heterocycles. The summed E-state index contributed by atoms with van der Waals surface area (Å²) in [6.45, 7) is 1.81. The Labute approximate surface area is 90.5 Å². The smallest absolute Gasteiger partial charge is 0.306 e. The fraction of sp³-hybridized carbons (Fsp3) is 0.667. The van der Waals surface area contributed by atoms with Gasteiger partial charge in [-0.2, -0.15) is 0 Å². The van der Waals surface area contributed by atoms with Gasteiger partial charge in [-0.1, -0.05) is 12.5 Å². The average Bonchev–Trinajstić information content (AvgIpc) is 2.15. The lowest BCUT2D eigenvalue weighted by molar-refractivity contribution is -0.146. The molecule has 1 unspecified atom stereocenters. The molecule has 0 aromatic carbocycles. The number of ketones is 1. The number of cyclic esters (lactones) is 1. The van der Waals surface area contributed by atoms with E-state index in [-0.39, 0.29) is 17.9 Å². The zero-order valence-electron chi connectivity index (χ0n) is 9.20. The molecular formula is C12H18O3. The first kappa shape index (κ1) is 12.0. The van der Waals surface area contributed by atoms with E-state index in [4.69, 9.17) is 4.74 Å². The van der Waals surface area contributed by atoms with E-state index in [1.807, 2.05) is 6.92 Å². The number of allylic oxidation sites excluding steroid dienone is 1. The van der Waals surface area contributed by atoms with Gasteiger partial charge in [0.15, 0.2) is 0 Å². The molecule has 1 rings (SSSR count). The first-order chi connectivity index (χ1) is 7.18. The molecule has 0 saturated carbocycles. The van der Waals surface area contributed by atoms with Crippen molar-refractivity contribution in [2.24, 2.45) is 0 Å². The summed E-state index contributed by atoms with van der Waals surface area (Å²) < 4.78 is 5.12. The highest BCUT2D eigenvalue weighted by Crippen LogP contribution is 2.09. The van der Waals surface area contributed by atoms with E-state index in [1.54, 1.807) is 12.2 Å². The van der Waals surface area contributed by atoms with E-state index in [1.165, 1.54) is 0 Å². The second-order valence-electron chi connectivity index (χ2n) is 3.93. The van der Waals surface area contributed by atoms with Crippen molar-refractivity contribution in [1.29, 1.82) is 0 Å². The van der Waals surface area contributed by atoms with Crippen LogP contribution in [0.5, 0.6) is 0 Å². The summed E-state index contributed by atoms with van der Waals surface area (Å²) >= 11 is 0. The zero-order chi connectivity index (χ0) is 11.1. The summed E-state index contributed by atoms with van der Waals surface area (Å²) in [5.74, 6) is 0.129. The van der Waals surface area contributed by atoms with Crippen molar-refractivity contribution in [2.75, 3.05) is 0 Å². The Morgan fingerprint density at radius 1 is 1.20 bits per heavy atom. The molecule has 0 radical (unpaired) electrons. The van der Waals surface area contributed by atoms with Gasteiger partial charge in [0.25, 0.3) is 0 Å². The first-order valence-corrected chi connectivity index (χ1v) is 5.56. The number of carbonyl (C=O) groups is 2. The molecular weight excluding hydrogens is 192 g/mol. The molecule has 0 saturated heterocycles.